The molecule has 6 bridgehead atoms. The molecule has 1 aromatic heterocycles. The molecule has 4 saturated heterocycles. The Hall–Kier alpha value is -3.80. The number of carbonyl (C=O) groups is 3. The molecular formula is C78H113I2N7O12. The number of hydroxylamine groups is 6. The van der Waals surface area contributed by atoms with Crippen LogP contribution in [0.1, 0.15) is 146 Å². The van der Waals surface area contributed by atoms with Gasteiger partial charge in [0.05, 0.1) is 57.6 Å². The lowest BCUT2D eigenvalue weighted by molar-refractivity contribution is -0.195. The van der Waals surface area contributed by atoms with Crippen molar-refractivity contribution in [3.8, 4) is 11.1 Å². The zero-order valence-corrected chi connectivity index (χ0v) is 63.6. The molecule has 17 rings (SSSR count). The monoisotopic (exact) mass is 1590 g/mol. The van der Waals surface area contributed by atoms with Gasteiger partial charge in [-0.05, 0) is 238 Å². The summed E-state index contributed by atoms with van der Waals surface area (Å²) in [6.45, 7) is 26.9. The highest BCUT2D eigenvalue weighted by atomic mass is 127. The third kappa shape index (κ3) is 15.9. The maximum absolute atomic E-state index is 13.8. The van der Waals surface area contributed by atoms with E-state index in [9.17, 15) is 39.9 Å². The number of aromatic nitrogens is 1. The first-order valence-corrected chi connectivity index (χ1v) is 38.2. The largest absolute Gasteiger partial charge is 0.461 e. The summed E-state index contributed by atoms with van der Waals surface area (Å²) < 4.78 is 7.52. The van der Waals surface area contributed by atoms with E-state index in [2.05, 4.69) is 141 Å². The first kappa shape index (κ1) is 77.8. The molecule has 0 radical (unpaired) electrons. The number of hydrogen-bond donors (Lipinski definition) is 8. The molecule has 3 aromatic carbocycles. The van der Waals surface area contributed by atoms with Crippen molar-refractivity contribution in [2.24, 2.45) is 93.0 Å². The predicted molar refractivity (Wildman–Crippen MR) is 397 cm³/mol. The number of cyclic esters (lactones) is 1. The van der Waals surface area contributed by atoms with Gasteiger partial charge in [0.1, 0.15) is 42.5 Å². The molecule has 13 aliphatic rings. The average molecular weight is 1590 g/mol. The summed E-state index contributed by atoms with van der Waals surface area (Å²) in [4.78, 5) is 61.4. The van der Waals surface area contributed by atoms with Crippen LogP contribution >= 0.6 is 45.2 Å². The van der Waals surface area contributed by atoms with Crippen molar-refractivity contribution in [2.75, 3.05) is 19.8 Å². The number of amides is 2. The van der Waals surface area contributed by atoms with Crippen LogP contribution in [0.2, 0.25) is 0 Å². The number of esters is 1. The fourth-order valence-electron chi connectivity index (χ4n) is 19.5. The number of carbonyl (C=O) groups excluding carboxylic acids is 3. The molecule has 5 heterocycles. The summed E-state index contributed by atoms with van der Waals surface area (Å²) in [5.41, 5.74) is 12.4. The fourth-order valence-corrected chi connectivity index (χ4v) is 20.7. The summed E-state index contributed by atoms with van der Waals surface area (Å²) in [6, 6.07) is 27.1. The predicted octanol–water partition coefficient (Wildman–Crippen LogP) is 10.3. The molecular weight excluding hydrogens is 1480 g/mol. The van der Waals surface area contributed by atoms with Gasteiger partial charge in [-0.15, -0.1) is 0 Å². The Morgan fingerprint density at radius 2 is 1.00 bits per heavy atom. The zero-order valence-electron chi connectivity index (χ0n) is 59.3. The molecule has 9 saturated carbocycles. The number of nitrogens with zero attached hydrogens (tertiary/aromatic N) is 4. The Morgan fingerprint density at radius 1 is 0.586 bits per heavy atom. The number of benzene rings is 3. The van der Waals surface area contributed by atoms with Crippen LogP contribution in [0.25, 0.3) is 11.1 Å². The fraction of sp³-hybridized carbons (Fsp3) is 0.667. The van der Waals surface area contributed by atoms with Gasteiger partial charge in [0, 0.05) is 49.5 Å². The molecule has 2 unspecified atom stereocenters. The molecule has 4 aromatic rings. The number of nitrogens with one attached hydrogen (secondary N) is 2. The highest BCUT2D eigenvalue weighted by Gasteiger charge is 2.61. The average Bonchev–Trinajstić information content (AvgIpc) is 1.24. The third-order valence-corrected chi connectivity index (χ3v) is 27.2. The van der Waals surface area contributed by atoms with Crippen LogP contribution < -0.4 is 16.4 Å². The minimum Gasteiger partial charge on any atom is -0.461 e. The van der Waals surface area contributed by atoms with Crippen molar-refractivity contribution in [1.82, 2.24) is 30.8 Å². The second kappa shape index (κ2) is 31.9. The van der Waals surface area contributed by atoms with Crippen LogP contribution in [-0.4, -0.2) is 156 Å². The standard InChI is InChI=1S/C29H39N3O4.C24H35IN2O4.C14H16INO4.C10H19N.CH4/c1-17-23-12-22(29(23,3)4)13-24(17)31-28(35)27-26(18(2)34)25(16-33)36-32(27)15-19-7-5-8-20(11-19)21-9-6-10-30-14-21;1-13-18-9-16(24(18,3)4)10-19(13)26-23(30)22-21(14(2)29)20(12-28)31-27(22)11-15-6-5-7-17(25)8-15;1-8-12-11(7-17)20-16(13(12)14(18)19-8)6-9-3-2-4-10(15)5-9;1-6-8-4-7(5-9(6)11)10(8,2)3;/h5-11,14,17-18,22-27,33-34H,12-13,15-16H2,1-4H3,(H,31,35);5-8,13-14,16,18-22,28-29H,9-12H2,1-4H3,(H,26,30);2-5,8,11-13,17H,6-7H2,1H3;6-9H,4-5,11H2,1-3H3;1H4/t17-,18-,22+,23-,24?,25-,26+,27-;13-,14-,16+,18-,19?,20-,21+,22-;8-,11-,12+,13-;6-,7+,8-,9-;/m0000./s1. The van der Waals surface area contributed by atoms with Gasteiger partial charge in [-0.3, -0.25) is 33.9 Å². The molecule has 19 nitrogen and oxygen atoms in total. The van der Waals surface area contributed by atoms with E-state index in [4.69, 9.17) is 25.0 Å². The quantitative estimate of drug-likeness (QED) is 0.0383. The maximum atomic E-state index is 13.8. The van der Waals surface area contributed by atoms with Crippen molar-refractivity contribution in [2.45, 2.75) is 222 Å². The van der Waals surface area contributed by atoms with Gasteiger partial charge in [-0.25, -0.2) is 0 Å². The van der Waals surface area contributed by atoms with E-state index in [0.29, 0.717) is 77.4 Å². The molecule has 24 atom stereocenters. The Morgan fingerprint density at radius 3 is 1.39 bits per heavy atom. The molecule has 9 aliphatic carbocycles. The van der Waals surface area contributed by atoms with Gasteiger partial charge < -0.3 is 46.6 Å². The van der Waals surface area contributed by atoms with Crippen molar-refractivity contribution >= 4 is 63.0 Å². The lowest BCUT2D eigenvalue weighted by atomic mass is 9.45. The number of aliphatic hydroxyl groups excluding tert-OH is 5. The first-order chi connectivity index (χ1) is 46.5. The van der Waals surface area contributed by atoms with E-state index in [1.54, 1.807) is 35.2 Å². The van der Waals surface area contributed by atoms with Gasteiger partial charge in [0.15, 0.2) is 0 Å². The Balaban J connectivity index is 0.000000152. The van der Waals surface area contributed by atoms with Crippen molar-refractivity contribution in [1.29, 1.82) is 0 Å². The van der Waals surface area contributed by atoms with E-state index in [-0.39, 0.29) is 75.2 Å². The van der Waals surface area contributed by atoms with Crippen LogP contribution in [0.15, 0.2) is 97.3 Å². The number of hydrogen-bond acceptors (Lipinski definition) is 17. The Labute approximate surface area is 615 Å². The lowest BCUT2D eigenvalue weighted by Crippen LogP contribution is -2.62. The number of aliphatic hydroxyl groups is 5. The minimum atomic E-state index is -0.805. The number of pyridine rings is 1. The van der Waals surface area contributed by atoms with E-state index in [0.717, 1.165) is 65.6 Å². The highest BCUT2D eigenvalue weighted by Crippen LogP contribution is 2.63. The molecule has 4 aliphatic heterocycles. The van der Waals surface area contributed by atoms with E-state index in [1.807, 2.05) is 79.9 Å². The van der Waals surface area contributed by atoms with Gasteiger partial charge in [0.25, 0.3) is 0 Å². The van der Waals surface area contributed by atoms with E-state index < -0.39 is 54.4 Å². The van der Waals surface area contributed by atoms with Crippen molar-refractivity contribution in [3.63, 3.8) is 0 Å². The lowest BCUT2D eigenvalue weighted by Gasteiger charge is -2.62. The molecule has 9 N–H and O–H groups in total. The molecule has 2 amide bonds. The van der Waals surface area contributed by atoms with Gasteiger partial charge in [0.2, 0.25) is 11.8 Å². The smallest absolute Gasteiger partial charge is 0.326 e. The maximum Gasteiger partial charge on any atom is 0.326 e. The van der Waals surface area contributed by atoms with Gasteiger partial charge in [-0.2, -0.15) is 15.2 Å². The number of rotatable bonds is 16. The normalized spacial score (nSPS) is 36.9. The summed E-state index contributed by atoms with van der Waals surface area (Å²) in [5.74, 6) is 4.35. The molecule has 0 spiro atoms. The van der Waals surface area contributed by atoms with Crippen molar-refractivity contribution in [3.05, 3.63) is 121 Å². The molecule has 21 heteroatoms. The van der Waals surface area contributed by atoms with E-state index in [1.165, 1.54) is 25.7 Å². The van der Waals surface area contributed by atoms with Gasteiger partial charge in [-0.1, -0.05) is 118 Å². The SMILES string of the molecule is C.C[C@@H]1OC(=O)[C@@H]2[C@H]1[C@H](CO)ON2Cc1cccc(I)c1.C[C@@H]1[C@@H](N)C[C@H]2C[C@@H]1C2(C)C.C[C@H](O)[C@@H]1[C@H](CO)ON(Cc2cccc(-c3cccnc3)c2)[C@@H]1C(=O)NC1C[C@H]2C[C@@H]([C@@H]1C)C2(C)C.C[C@H](O)[C@@H]1[C@H](CO)ON(Cc2cccc(I)c2)[C@@H]1C(=O)NC1C[C@H]2C[C@@H]([C@@H]1C)C2(C)C. The molecule has 546 valence electrons. The topological polar surface area (TPSA) is 262 Å². The summed E-state index contributed by atoms with van der Waals surface area (Å²) in [5, 5.41) is 62.0. The van der Waals surface area contributed by atoms with Crippen molar-refractivity contribution < 1.29 is 59.2 Å². The Kier molecular flexibility index (Phi) is 25.1. The first-order valence-electron chi connectivity index (χ1n) is 36.0. The second-order valence-electron chi connectivity index (χ2n) is 32.4. The second-order valence-corrected chi connectivity index (χ2v) is 34.8. The number of halogens is 2. The van der Waals surface area contributed by atoms with Crippen LogP contribution in [0.3, 0.4) is 0 Å². The summed E-state index contributed by atoms with van der Waals surface area (Å²) in [6.07, 6.45) is 7.37. The van der Waals surface area contributed by atoms with Crippen LogP contribution in [0.5, 0.6) is 0 Å². The molecule has 13 fully saturated rings. The number of nitrogens with two attached hydrogens (primary N) is 1. The number of ether oxygens (including phenoxy) is 1. The minimum absolute atomic E-state index is 0. The zero-order chi connectivity index (χ0) is 70.6. The van der Waals surface area contributed by atoms with Crippen LogP contribution in [-0.2, 0) is 53.3 Å². The summed E-state index contributed by atoms with van der Waals surface area (Å²) in [7, 11) is 0. The Bertz CT molecular complexity index is 3400. The number of fused-ring (bicyclic) bond motifs is 7. The third-order valence-electron chi connectivity index (χ3n) is 25.9. The van der Waals surface area contributed by atoms with Crippen LogP contribution in [0, 0.1) is 94.4 Å². The van der Waals surface area contributed by atoms with Gasteiger partial charge >= 0.3 is 5.97 Å². The highest BCUT2D eigenvalue weighted by molar-refractivity contribution is 14.1. The summed E-state index contributed by atoms with van der Waals surface area (Å²) >= 11 is 4.52. The molecule has 99 heavy (non-hydrogen) atoms. The van der Waals surface area contributed by atoms with E-state index >= 15 is 0 Å². The van der Waals surface area contributed by atoms with Crippen LogP contribution in [0.4, 0.5) is 0 Å².